The Morgan fingerprint density at radius 2 is 2.15 bits per heavy atom. The Morgan fingerprint density at radius 1 is 1.25 bits per heavy atom. The summed E-state index contributed by atoms with van der Waals surface area (Å²) in [5.41, 5.74) is 2.08. The largest absolute Gasteiger partial charge is 0.396 e. The number of hydrogen-bond donors (Lipinski definition) is 2. The molecule has 0 aliphatic carbocycles. The van der Waals surface area contributed by atoms with Gasteiger partial charge in [0.2, 0.25) is 0 Å². The molecule has 0 aliphatic rings. The number of nitrogens with zero attached hydrogens (tertiary/aromatic N) is 4. The molecule has 0 amide bonds. The first-order valence-electron chi connectivity index (χ1n) is 7.06. The lowest BCUT2D eigenvalue weighted by atomic mass is 10.2. The molecule has 0 saturated heterocycles. The summed E-state index contributed by atoms with van der Waals surface area (Å²) >= 11 is 0. The van der Waals surface area contributed by atoms with Crippen molar-refractivity contribution in [2.75, 3.05) is 18.5 Å². The van der Waals surface area contributed by atoms with Crippen molar-refractivity contribution in [1.29, 1.82) is 0 Å². The van der Waals surface area contributed by atoms with E-state index in [0.717, 1.165) is 49.4 Å². The van der Waals surface area contributed by atoms with Gasteiger partial charge >= 0.3 is 0 Å². The molecule has 0 aliphatic heterocycles. The smallest absolute Gasteiger partial charge is 0.182 e. The molecule has 6 heteroatoms. The average molecular weight is 275 g/mol. The minimum Gasteiger partial charge on any atom is -0.396 e. The zero-order chi connectivity index (χ0) is 14.2. The number of rotatable bonds is 8. The van der Waals surface area contributed by atoms with Gasteiger partial charge in [-0.25, -0.2) is 4.68 Å². The molecular weight excluding hydrogens is 254 g/mol. The SMILES string of the molecule is CCn1nnnc1-c1cccc(NCCCCCO)c1. The van der Waals surface area contributed by atoms with Crippen LogP contribution in [0.3, 0.4) is 0 Å². The Bertz CT molecular complexity index is 526. The summed E-state index contributed by atoms with van der Waals surface area (Å²) in [7, 11) is 0. The fraction of sp³-hybridized carbons (Fsp3) is 0.500. The van der Waals surface area contributed by atoms with Gasteiger partial charge in [-0.3, -0.25) is 0 Å². The Balaban J connectivity index is 1.97. The van der Waals surface area contributed by atoms with Crippen molar-refractivity contribution in [2.24, 2.45) is 0 Å². The number of nitrogens with one attached hydrogen (secondary N) is 1. The van der Waals surface area contributed by atoms with Crippen molar-refractivity contribution in [2.45, 2.75) is 32.7 Å². The molecule has 20 heavy (non-hydrogen) atoms. The fourth-order valence-electron chi connectivity index (χ4n) is 2.04. The second-order valence-electron chi connectivity index (χ2n) is 4.61. The summed E-state index contributed by atoms with van der Waals surface area (Å²) in [4.78, 5) is 0. The van der Waals surface area contributed by atoms with Crippen LogP contribution in [0.4, 0.5) is 5.69 Å². The van der Waals surface area contributed by atoms with Crippen LogP contribution in [0.5, 0.6) is 0 Å². The first-order valence-corrected chi connectivity index (χ1v) is 7.06. The summed E-state index contributed by atoms with van der Waals surface area (Å²) < 4.78 is 1.78. The van der Waals surface area contributed by atoms with Gasteiger partial charge in [0.15, 0.2) is 5.82 Å². The molecule has 0 spiro atoms. The van der Waals surface area contributed by atoms with Crippen LogP contribution < -0.4 is 5.32 Å². The highest BCUT2D eigenvalue weighted by molar-refractivity contribution is 5.62. The van der Waals surface area contributed by atoms with E-state index in [9.17, 15) is 0 Å². The Labute approximate surface area is 118 Å². The zero-order valence-corrected chi connectivity index (χ0v) is 11.8. The molecule has 0 unspecified atom stereocenters. The highest BCUT2D eigenvalue weighted by atomic mass is 16.2. The molecule has 1 aromatic carbocycles. The van der Waals surface area contributed by atoms with E-state index in [1.165, 1.54) is 0 Å². The van der Waals surface area contributed by atoms with Crippen LogP contribution >= 0.6 is 0 Å². The number of tetrazole rings is 1. The number of aromatic nitrogens is 4. The Kier molecular flexibility index (Phi) is 5.49. The topological polar surface area (TPSA) is 75.9 Å². The zero-order valence-electron chi connectivity index (χ0n) is 11.8. The Hall–Kier alpha value is -1.95. The summed E-state index contributed by atoms with van der Waals surface area (Å²) in [6.07, 6.45) is 2.96. The van der Waals surface area contributed by atoms with E-state index in [4.69, 9.17) is 5.11 Å². The first-order chi connectivity index (χ1) is 9.85. The third-order valence-corrected chi connectivity index (χ3v) is 3.12. The summed E-state index contributed by atoms with van der Waals surface area (Å²) in [6, 6.07) is 8.11. The van der Waals surface area contributed by atoms with E-state index in [1.54, 1.807) is 4.68 Å². The van der Waals surface area contributed by atoms with Gasteiger partial charge in [-0.15, -0.1) is 5.10 Å². The monoisotopic (exact) mass is 275 g/mol. The van der Waals surface area contributed by atoms with E-state index in [2.05, 4.69) is 26.9 Å². The standard InChI is InChI=1S/C14H21N5O/c1-2-19-14(16-17-18-19)12-7-6-8-13(11-12)15-9-4-3-5-10-20/h6-8,11,15,20H,2-5,9-10H2,1H3. The van der Waals surface area contributed by atoms with Crippen LogP contribution in [0, 0.1) is 0 Å². The second kappa shape index (κ2) is 7.59. The number of aliphatic hydroxyl groups excluding tert-OH is 1. The number of unbranched alkanes of at least 4 members (excludes halogenated alkanes) is 2. The molecule has 6 nitrogen and oxygen atoms in total. The van der Waals surface area contributed by atoms with Crippen molar-refractivity contribution < 1.29 is 5.11 Å². The molecule has 0 fully saturated rings. The van der Waals surface area contributed by atoms with Crippen molar-refractivity contribution in [3.63, 3.8) is 0 Å². The third kappa shape index (κ3) is 3.77. The minimum atomic E-state index is 0.273. The predicted molar refractivity (Wildman–Crippen MR) is 78.4 cm³/mol. The molecule has 2 N–H and O–H groups in total. The van der Waals surface area contributed by atoms with E-state index in [1.807, 2.05) is 25.1 Å². The van der Waals surface area contributed by atoms with Crippen LogP contribution in [0.2, 0.25) is 0 Å². The summed E-state index contributed by atoms with van der Waals surface area (Å²) in [6.45, 7) is 3.95. The maximum atomic E-state index is 8.73. The fourth-order valence-corrected chi connectivity index (χ4v) is 2.04. The van der Waals surface area contributed by atoms with Crippen LogP contribution in [0.1, 0.15) is 26.2 Å². The molecule has 0 radical (unpaired) electrons. The number of benzene rings is 1. The predicted octanol–water partition coefficient (Wildman–Crippen LogP) is 1.93. The molecule has 2 aromatic rings. The molecular formula is C14H21N5O. The van der Waals surface area contributed by atoms with Gasteiger partial charge in [-0.05, 0) is 48.7 Å². The van der Waals surface area contributed by atoms with Gasteiger partial charge in [0.05, 0.1) is 0 Å². The molecule has 1 heterocycles. The number of aliphatic hydroxyl groups is 1. The van der Waals surface area contributed by atoms with Crippen LogP contribution in [0.15, 0.2) is 24.3 Å². The average Bonchev–Trinajstić information content (AvgIpc) is 2.96. The van der Waals surface area contributed by atoms with Crippen molar-refractivity contribution in [3.8, 4) is 11.4 Å². The quantitative estimate of drug-likeness (QED) is 0.720. The number of hydrogen-bond acceptors (Lipinski definition) is 5. The third-order valence-electron chi connectivity index (χ3n) is 3.12. The first kappa shape index (κ1) is 14.5. The number of anilines is 1. The number of aryl methyl sites for hydroxylation is 1. The summed E-state index contributed by atoms with van der Waals surface area (Å²) in [5.74, 6) is 0.788. The van der Waals surface area contributed by atoms with Gasteiger partial charge in [0.1, 0.15) is 0 Å². The highest BCUT2D eigenvalue weighted by Gasteiger charge is 2.07. The lowest BCUT2D eigenvalue weighted by Gasteiger charge is -2.08. The Morgan fingerprint density at radius 3 is 2.95 bits per heavy atom. The maximum absolute atomic E-state index is 8.73. The second-order valence-corrected chi connectivity index (χ2v) is 4.61. The van der Waals surface area contributed by atoms with Gasteiger partial charge in [-0.2, -0.15) is 0 Å². The molecule has 0 saturated carbocycles. The van der Waals surface area contributed by atoms with E-state index < -0.39 is 0 Å². The molecule has 2 rings (SSSR count). The highest BCUT2D eigenvalue weighted by Crippen LogP contribution is 2.20. The van der Waals surface area contributed by atoms with Gasteiger partial charge < -0.3 is 10.4 Å². The van der Waals surface area contributed by atoms with Crippen LogP contribution in [-0.2, 0) is 6.54 Å². The lowest BCUT2D eigenvalue weighted by Crippen LogP contribution is -2.03. The van der Waals surface area contributed by atoms with Gasteiger partial charge in [0.25, 0.3) is 0 Å². The molecule has 108 valence electrons. The molecule has 0 atom stereocenters. The van der Waals surface area contributed by atoms with Crippen molar-refractivity contribution in [3.05, 3.63) is 24.3 Å². The normalized spacial score (nSPS) is 10.7. The summed E-state index contributed by atoms with van der Waals surface area (Å²) in [5, 5.41) is 23.8. The van der Waals surface area contributed by atoms with E-state index >= 15 is 0 Å². The maximum Gasteiger partial charge on any atom is 0.182 e. The van der Waals surface area contributed by atoms with Crippen molar-refractivity contribution >= 4 is 5.69 Å². The van der Waals surface area contributed by atoms with Crippen molar-refractivity contribution in [1.82, 2.24) is 20.2 Å². The van der Waals surface area contributed by atoms with E-state index in [0.29, 0.717) is 0 Å². The molecule has 1 aromatic heterocycles. The van der Waals surface area contributed by atoms with E-state index in [-0.39, 0.29) is 6.61 Å². The van der Waals surface area contributed by atoms with Gasteiger partial charge in [0, 0.05) is 30.9 Å². The van der Waals surface area contributed by atoms with Gasteiger partial charge in [-0.1, -0.05) is 12.1 Å². The lowest BCUT2D eigenvalue weighted by molar-refractivity contribution is 0.283. The molecule has 0 bridgehead atoms. The minimum absolute atomic E-state index is 0.273. The van der Waals surface area contributed by atoms with Crippen LogP contribution in [-0.4, -0.2) is 38.5 Å². The van der Waals surface area contributed by atoms with Crippen LogP contribution in [0.25, 0.3) is 11.4 Å².